The van der Waals surface area contributed by atoms with Crippen molar-refractivity contribution in [2.24, 2.45) is 0 Å². The van der Waals surface area contributed by atoms with E-state index >= 15 is 0 Å². The fraction of sp³-hybridized carbons (Fsp3) is 0. The van der Waals surface area contributed by atoms with Crippen LogP contribution in [-0.2, 0) is 4.79 Å². The summed E-state index contributed by atoms with van der Waals surface area (Å²) in [6.07, 6.45) is 2.98. The number of ketones is 2. The Labute approximate surface area is 166 Å². The zero-order valence-electron chi connectivity index (χ0n) is 14.6. The van der Waals surface area contributed by atoms with Crippen molar-refractivity contribution in [3.05, 3.63) is 106 Å². The topological polar surface area (TPSA) is 63.2 Å². The third-order valence-electron chi connectivity index (χ3n) is 4.49. The Hall–Kier alpha value is -3.50. The molecule has 28 heavy (non-hydrogen) atoms. The molecule has 0 aromatic heterocycles. The summed E-state index contributed by atoms with van der Waals surface area (Å²) in [5.41, 5.74) is 2.32. The van der Waals surface area contributed by atoms with E-state index in [0.717, 1.165) is 5.56 Å². The van der Waals surface area contributed by atoms with E-state index in [0.29, 0.717) is 27.4 Å². The van der Waals surface area contributed by atoms with Gasteiger partial charge in [-0.1, -0.05) is 60.1 Å². The zero-order valence-corrected chi connectivity index (χ0v) is 15.4. The van der Waals surface area contributed by atoms with E-state index in [9.17, 15) is 14.4 Å². The van der Waals surface area contributed by atoms with Crippen LogP contribution in [-0.4, -0.2) is 17.5 Å². The van der Waals surface area contributed by atoms with E-state index in [-0.39, 0.29) is 17.1 Å². The number of halogens is 1. The number of carbonyl (C=O) groups is 3. The van der Waals surface area contributed by atoms with Crippen LogP contribution < -0.4 is 5.32 Å². The second kappa shape index (κ2) is 7.25. The number of hydrogen-bond acceptors (Lipinski definition) is 3. The van der Waals surface area contributed by atoms with Gasteiger partial charge in [0.15, 0.2) is 11.6 Å². The second-order valence-electron chi connectivity index (χ2n) is 6.31. The van der Waals surface area contributed by atoms with Crippen LogP contribution in [0.5, 0.6) is 0 Å². The minimum Gasteiger partial charge on any atom is -0.322 e. The van der Waals surface area contributed by atoms with Crippen molar-refractivity contribution in [2.45, 2.75) is 0 Å². The van der Waals surface area contributed by atoms with Crippen LogP contribution in [0.1, 0.15) is 37.4 Å². The van der Waals surface area contributed by atoms with Crippen molar-refractivity contribution in [1.29, 1.82) is 0 Å². The molecule has 5 heteroatoms. The van der Waals surface area contributed by atoms with Gasteiger partial charge in [0.1, 0.15) is 0 Å². The molecule has 0 bridgehead atoms. The predicted molar refractivity (Wildman–Crippen MR) is 109 cm³/mol. The SMILES string of the molecule is O=C(C=Cc1cccc(Cl)c1)Nc1cccc2c1C(=O)c1ccccc1C2=O. The first-order valence-electron chi connectivity index (χ1n) is 8.60. The summed E-state index contributed by atoms with van der Waals surface area (Å²) in [5.74, 6) is -0.914. The lowest BCUT2D eigenvalue weighted by Crippen LogP contribution is -2.23. The molecule has 0 fully saturated rings. The largest absolute Gasteiger partial charge is 0.322 e. The Morgan fingerprint density at radius 1 is 0.821 bits per heavy atom. The Morgan fingerprint density at radius 3 is 2.25 bits per heavy atom. The normalized spacial score (nSPS) is 12.6. The molecule has 136 valence electrons. The van der Waals surface area contributed by atoms with E-state index in [4.69, 9.17) is 11.6 Å². The number of rotatable bonds is 3. The molecule has 1 N–H and O–H groups in total. The first-order chi connectivity index (χ1) is 13.5. The van der Waals surface area contributed by atoms with Gasteiger partial charge in [0.2, 0.25) is 5.91 Å². The van der Waals surface area contributed by atoms with Crippen molar-refractivity contribution >= 4 is 40.8 Å². The second-order valence-corrected chi connectivity index (χ2v) is 6.75. The van der Waals surface area contributed by atoms with Gasteiger partial charge in [-0.3, -0.25) is 14.4 Å². The van der Waals surface area contributed by atoms with Gasteiger partial charge in [-0.25, -0.2) is 0 Å². The molecular formula is C23H14ClNO3. The fourth-order valence-electron chi connectivity index (χ4n) is 3.21. The van der Waals surface area contributed by atoms with Crippen LogP contribution in [0, 0.1) is 0 Å². The molecule has 0 saturated heterocycles. The number of anilines is 1. The summed E-state index contributed by atoms with van der Waals surface area (Å²) in [5, 5.41) is 3.28. The van der Waals surface area contributed by atoms with Gasteiger partial charge in [0.25, 0.3) is 0 Å². The lowest BCUT2D eigenvalue weighted by Gasteiger charge is -2.20. The molecule has 0 radical (unpaired) electrons. The molecule has 4 rings (SSSR count). The minimum atomic E-state index is -0.410. The summed E-state index contributed by atoms with van der Waals surface area (Å²) >= 11 is 5.94. The van der Waals surface area contributed by atoms with Gasteiger partial charge in [0, 0.05) is 27.8 Å². The van der Waals surface area contributed by atoms with Crippen LogP contribution in [0.25, 0.3) is 6.08 Å². The summed E-state index contributed by atoms with van der Waals surface area (Å²) in [6.45, 7) is 0. The van der Waals surface area contributed by atoms with Crippen molar-refractivity contribution in [3.8, 4) is 0 Å². The Bertz CT molecular complexity index is 1160. The predicted octanol–water partition coefficient (Wildman–Crippen LogP) is 4.77. The number of nitrogens with one attached hydrogen (secondary N) is 1. The molecule has 3 aromatic rings. The standard InChI is InChI=1S/C23H14ClNO3/c24-15-6-3-5-14(13-15)11-12-20(26)25-19-10-4-9-18-21(19)23(28)17-8-2-1-7-16(17)22(18)27/h1-13H,(H,25,26). The maximum Gasteiger partial charge on any atom is 0.248 e. The Balaban J connectivity index is 1.65. The number of fused-ring (bicyclic) bond motifs is 2. The van der Waals surface area contributed by atoms with Crippen molar-refractivity contribution in [2.75, 3.05) is 5.32 Å². The molecule has 1 aliphatic rings. The molecule has 1 aliphatic carbocycles. The Morgan fingerprint density at radius 2 is 1.50 bits per heavy atom. The number of hydrogen-bond donors (Lipinski definition) is 1. The molecule has 0 aliphatic heterocycles. The van der Waals surface area contributed by atoms with Gasteiger partial charge < -0.3 is 5.32 Å². The van der Waals surface area contributed by atoms with E-state index in [1.807, 2.05) is 6.07 Å². The number of benzene rings is 3. The van der Waals surface area contributed by atoms with Crippen molar-refractivity contribution in [3.63, 3.8) is 0 Å². The molecule has 4 nitrogen and oxygen atoms in total. The fourth-order valence-corrected chi connectivity index (χ4v) is 3.40. The molecular weight excluding hydrogens is 374 g/mol. The average Bonchev–Trinajstić information content (AvgIpc) is 2.70. The maximum atomic E-state index is 12.9. The summed E-state index contributed by atoms with van der Waals surface area (Å²) < 4.78 is 0. The van der Waals surface area contributed by atoms with Crippen molar-refractivity contribution in [1.82, 2.24) is 0 Å². The molecule has 0 heterocycles. The molecule has 3 aromatic carbocycles. The van der Waals surface area contributed by atoms with Crippen LogP contribution in [0.15, 0.2) is 72.8 Å². The van der Waals surface area contributed by atoms with Gasteiger partial charge in [0.05, 0.1) is 11.3 Å². The van der Waals surface area contributed by atoms with Crippen LogP contribution in [0.4, 0.5) is 5.69 Å². The lowest BCUT2D eigenvalue weighted by molar-refractivity contribution is -0.111. The maximum absolute atomic E-state index is 12.9. The first-order valence-corrected chi connectivity index (χ1v) is 8.98. The molecule has 1 amide bonds. The number of amides is 1. The van der Waals surface area contributed by atoms with Gasteiger partial charge >= 0.3 is 0 Å². The number of carbonyl (C=O) groups excluding carboxylic acids is 3. The quantitative estimate of drug-likeness (QED) is 0.515. The van der Waals surface area contributed by atoms with Crippen LogP contribution in [0.2, 0.25) is 5.02 Å². The monoisotopic (exact) mass is 387 g/mol. The van der Waals surface area contributed by atoms with Gasteiger partial charge in [-0.15, -0.1) is 0 Å². The van der Waals surface area contributed by atoms with E-state index in [2.05, 4.69) is 5.32 Å². The van der Waals surface area contributed by atoms with E-state index < -0.39 is 5.91 Å². The smallest absolute Gasteiger partial charge is 0.248 e. The highest BCUT2D eigenvalue weighted by Gasteiger charge is 2.31. The van der Waals surface area contributed by atoms with Crippen LogP contribution >= 0.6 is 11.6 Å². The molecule has 0 unspecified atom stereocenters. The van der Waals surface area contributed by atoms with Crippen molar-refractivity contribution < 1.29 is 14.4 Å². The first kappa shape index (κ1) is 17.9. The molecule has 0 spiro atoms. The highest BCUT2D eigenvalue weighted by atomic mass is 35.5. The van der Waals surface area contributed by atoms with Gasteiger partial charge in [-0.2, -0.15) is 0 Å². The zero-order chi connectivity index (χ0) is 19.7. The minimum absolute atomic E-state index is 0.218. The third-order valence-corrected chi connectivity index (χ3v) is 4.72. The average molecular weight is 388 g/mol. The van der Waals surface area contributed by atoms with Gasteiger partial charge in [-0.05, 0) is 29.8 Å². The van der Waals surface area contributed by atoms with E-state index in [1.165, 1.54) is 6.08 Å². The molecule has 0 saturated carbocycles. The molecule has 0 atom stereocenters. The Kier molecular flexibility index (Phi) is 4.63. The lowest BCUT2D eigenvalue weighted by atomic mass is 9.83. The summed E-state index contributed by atoms with van der Waals surface area (Å²) in [4.78, 5) is 38.0. The highest BCUT2D eigenvalue weighted by Crippen LogP contribution is 2.31. The highest BCUT2D eigenvalue weighted by molar-refractivity contribution is 6.31. The van der Waals surface area contributed by atoms with E-state index in [1.54, 1.807) is 66.7 Å². The van der Waals surface area contributed by atoms with Crippen LogP contribution in [0.3, 0.4) is 0 Å². The summed E-state index contributed by atoms with van der Waals surface area (Å²) in [6, 6.07) is 18.6. The summed E-state index contributed by atoms with van der Waals surface area (Å²) in [7, 11) is 0. The third kappa shape index (κ3) is 3.26.